The van der Waals surface area contributed by atoms with Gasteiger partial charge in [-0.2, -0.15) is 4.31 Å². The van der Waals surface area contributed by atoms with E-state index in [1.165, 1.54) is 11.3 Å². The van der Waals surface area contributed by atoms with Gasteiger partial charge in [-0.05, 0) is 38.7 Å². The molecule has 2 bridgehead atoms. The van der Waals surface area contributed by atoms with Crippen LogP contribution in [0.15, 0.2) is 11.0 Å². The fraction of sp³-hybridized carbons (Fsp3) is 0.667. The van der Waals surface area contributed by atoms with Crippen LogP contribution in [0, 0.1) is 19.8 Å². The van der Waals surface area contributed by atoms with Crippen LogP contribution in [-0.4, -0.2) is 49.2 Å². The van der Waals surface area contributed by atoms with Crippen molar-refractivity contribution < 1.29 is 13.2 Å². The van der Waals surface area contributed by atoms with Crippen LogP contribution in [0.3, 0.4) is 0 Å². The molecule has 7 heteroatoms. The van der Waals surface area contributed by atoms with E-state index in [1.807, 2.05) is 18.7 Å². The van der Waals surface area contributed by atoms with Crippen LogP contribution >= 0.6 is 11.3 Å². The molecule has 0 aliphatic carbocycles. The molecule has 2 unspecified atom stereocenters. The summed E-state index contributed by atoms with van der Waals surface area (Å²) in [5, 5.41) is 0. The van der Waals surface area contributed by atoms with Gasteiger partial charge in [-0.1, -0.05) is 0 Å². The molecule has 1 amide bonds. The summed E-state index contributed by atoms with van der Waals surface area (Å²) in [7, 11) is -3.47. The molecule has 0 spiro atoms. The molecule has 0 radical (unpaired) electrons. The Morgan fingerprint density at radius 3 is 2.55 bits per heavy atom. The Balaban J connectivity index is 1.95. The summed E-state index contributed by atoms with van der Waals surface area (Å²) < 4.78 is 27.8. The molecule has 3 fully saturated rings. The minimum atomic E-state index is -3.47. The summed E-state index contributed by atoms with van der Waals surface area (Å²) in [4.78, 5) is 15.8. The first kappa shape index (κ1) is 16.0. The van der Waals surface area contributed by atoms with Crippen molar-refractivity contribution >= 4 is 27.3 Å². The molecular formula is C15H22N2O3S2. The Hall–Kier alpha value is -0.920. The number of rotatable bonds is 2. The van der Waals surface area contributed by atoms with Crippen LogP contribution in [-0.2, 0) is 14.8 Å². The minimum Gasteiger partial charge on any atom is -0.341 e. The third kappa shape index (κ3) is 2.70. The van der Waals surface area contributed by atoms with Crippen molar-refractivity contribution in [2.45, 2.75) is 44.6 Å². The fourth-order valence-electron chi connectivity index (χ4n) is 3.58. The number of carbonyl (C=O) groups excluding carboxylic acids is 1. The van der Waals surface area contributed by atoms with E-state index in [0.29, 0.717) is 24.5 Å². The molecule has 122 valence electrons. The molecule has 0 N–H and O–H groups in total. The molecule has 0 aromatic carbocycles. The molecule has 0 saturated carbocycles. The normalized spacial score (nSPS) is 26.2. The van der Waals surface area contributed by atoms with Crippen LogP contribution in [0.2, 0.25) is 0 Å². The van der Waals surface area contributed by atoms with Crippen molar-refractivity contribution in [1.82, 2.24) is 9.21 Å². The van der Waals surface area contributed by atoms with Gasteiger partial charge in [0.1, 0.15) is 0 Å². The third-order valence-electron chi connectivity index (χ3n) is 4.69. The molecule has 4 heterocycles. The lowest BCUT2D eigenvalue weighted by Gasteiger charge is -2.34. The monoisotopic (exact) mass is 342 g/mol. The molecule has 1 aromatic rings. The second-order valence-electron chi connectivity index (χ2n) is 6.37. The van der Waals surface area contributed by atoms with Crippen LogP contribution in [0.1, 0.15) is 29.5 Å². The van der Waals surface area contributed by atoms with E-state index in [-0.39, 0.29) is 17.9 Å². The lowest BCUT2D eigenvalue weighted by atomic mass is 9.97. The maximum atomic E-state index is 13.1. The van der Waals surface area contributed by atoms with Gasteiger partial charge in [-0.3, -0.25) is 4.79 Å². The second kappa shape index (κ2) is 5.62. The topological polar surface area (TPSA) is 57.7 Å². The summed E-state index contributed by atoms with van der Waals surface area (Å²) in [6, 6.07) is 1.68. The quantitative estimate of drug-likeness (QED) is 0.826. The average molecular weight is 342 g/mol. The summed E-state index contributed by atoms with van der Waals surface area (Å²) >= 11 is 1.52. The number of fused-ring (bicyclic) bond motifs is 4. The Labute approximate surface area is 136 Å². The highest BCUT2D eigenvalue weighted by Crippen LogP contribution is 2.35. The van der Waals surface area contributed by atoms with Gasteiger partial charge >= 0.3 is 0 Å². The van der Waals surface area contributed by atoms with Gasteiger partial charge in [0.2, 0.25) is 15.9 Å². The largest absolute Gasteiger partial charge is 0.341 e. The summed E-state index contributed by atoms with van der Waals surface area (Å²) in [5.74, 6) is 0.288. The van der Waals surface area contributed by atoms with E-state index in [2.05, 4.69) is 0 Å². The van der Waals surface area contributed by atoms with Crippen molar-refractivity contribution in [2.24, 2.45) is 5.92 Å². The molecule has 5 nitrogen and oxygen atoms in total. The standard InChI is InChI=1S/C15H22N2O3S2/c1-10-6-15(11(2)21-10)22(19,20)17-8-13-4-5-14(17)9-16(7-13)12(3)18/h6,13-14H,4-5,7-9H2,1-3H3. The van der Waals surface area contributed by atoms with Gasteiger partial charge in [0.25, 0.3) is 0 Å². The average Bonchev–Trinajstić information content (AvgIpc) is 2.65. The smallest absolute Gasteiger partial charge is 0.244 e. The van der Waals surface area contributed by atoms with E-state index in [1.54, 1.807) is 17.3 Å². The van der Waals surface area contributed by atoms with Gasteiger partial charge in [0.15, 0.2) is 0 Å². The minimum absolute atomic E-state index is 0.0405. The Morgan fingerprint density at radius 2 is 1.95 bits per heavy atom. The molecule has 3 aliphatic heterocycles. The van der Waals surface area contributed by atoms with Gasteiger partial charge in [0, 0.05) is 42.4 Å². The fourth-order valence-corrected chi connectivity index (χ4v) is 6.83. The Kier molecular flexibility index (Phi) is 4.07. The maximum absolute atomic E-state index is 13.1. The highest BCUT2D eigenvalue weighted by molar-refractivity contribution is 7.89. The summed E-state index contributed by atoms with van der Waals surface area (Å²) in [5.41, 5.74) is 0. The number of thiophene rings is 1. The van der Waals surface area contributed by atoms with Gasteiger partial charge in [0.05, 0.1) is 4.90 Å². The predicted octanol–water partition coefficient (Wildman–Crippen LogP) is 2.00. The number of hydrogen-bond donors (Lipinski definition) is 0. The lowest BCUT2D eigenvalue weighted by molar-refractivity contribution is -0.129. The zero-order valence-corrected chi connectivity index (χ0v) is 14.8. The van der Waals surface area contributed by atoms with E-state index in [0.717, 1.165) is 22.6 Å². The Morgan fingerprint density at radius 1 is 1.23 bits per heavy atom. The van der Waals surface area contributed by atoms with Crippen molar-refractivity contribution in [3.8, 4) is 0 Å². The van der Waals surface area contributed by atoms with Crippen molar-refractivity contribution in [1.29, 1.82) is 0 Å². The number of aryl methyl sites for hydroxylation is 2. The molecule has 22 heavy (non-hydrogen) atoms. The molecule has 3 saturated heterocycles. The van der Waals surface area contributed by atoms with E-state index < -0.39 is 10.0 Å². The second-order valence-corrected chi connectivity index (χ2v) is 9.69. The van der Waals surface area contributed by atoms with Crippen LogP contribution in [0.5, 0.6) is 0 Å². The number of hydrogen-bond acceptors (Lipinski definition) is 4. The molecule has 1 aromatic heterocycles. The number of carbonyl (C=O) groups is 1. The van der Waals surface area contributed by atoms with Crippen molar-refractivity contribution in [3.63, 3.8) is 0 Å². The zero-order chi connectivity index (χ0) is 16.1. The first-order valence-electron chi connectivity index (χ1n) is 7.63. The van der Waals surface area contributed by atoms with Gasteiger partial charge < -0.3 is 4.90 Å². The van der Waals surface area contributed by atoms with E-state index >= 15 is 0 Å². The van der Waals surface area contributed by atoms with Gasteiger partial charge in [-0.25, -0.2) is 8.42 Å². The summed E-state index contributed by atoms with van der Waals surface area (Å²) in [6.45, 7) is 7.10. The first-order chi connectivity index (χ1) is 10.3. The van der Waals surface area contributed by atoms with E-state index in [9.17, 15) is 13.2 Å². The van der Waals surface area contributed by atoms with Crippen LogP contribution in [0.25, 0.3) is 0 Å². The Bertz CT molecular complexity index is 696. The third-order valence-corrected chi connectivity index (χ3v) is 7.83. The number of sulfonamides is 1. The van der Waals surface area contributed by atoms with Crippen LogP contribution < -0.4 is 0 Å². The maximum Gasteiger partial charge on any atom is 0.244 e. The first-order valence-corrected chi connectivity index (χ1v) is 9.89. The zero-order valence-electron chi connectivity index (χ0n) is 13.2. The van der Waals surface area contributed by atoms with Crippen molar-refractivity contribution in [2.75, 3.05) is 19.6 Å². The SMILES string of the molecule is CC(=O)N1CC2CCC(C1)N(S(=O)(=O)c1cc(C)sc1C)C2. The number of nitrogens with zero attached hydrogens (tertiary/aromatic N) is 2. The molecular weight excluding hydrogens is 320 g/mol. The van der Waals surface area contributed by atoms with Crippen LogP contribution in [0.4, 0.5) is 0 Å². The molecule has 3 aliphatic rings. The number of amides is 1. The summed E-state index contributed by atoms with van der Waals surface area (Å²) in [6.07, 6.45) is 1.85. The highest BCUT2D eigenvalue weighted by atomic mass is 32.2. The lowest BCUT2D eigenvalue weighted by Crippen LogP contribution is -2.47. The van der Waals surface area contributed by atoms with Gasteiger partial charge in [-0.15, -0.1) is 11.3 Å². The molecule has 2 atom stereocenters. The number of piperidine rings is 1. The molecule has 4 rings (SSSR count). The highest BCUT2D eigenvalue weighted by Gasteiger charge is 2.42. The van der Waals surface area contributed by atoms with E-state index in [4.69, 9.17) is 0 Å². The predicted molar refractivity (Wildman–Crippen MR) is 86.5 cm³/mol. The van der Waals surface area contributed by atoms with Crippen molar-refractivity contribution in [3.05, 3.63) is 15.8 Å².